The van der Waals surface area contributed by atoms with Gasteiger partial charge < -0.3 is 20.0 Å². The molecule has 4 aromatic rings. The summed E-state index contributed by atoms with van der Waals surface area (Å²) in [5, 5.41) is 6.35. The molecule has 0 saturated heterocycles. The molecule has 0 bridgehead atoms. The zero-order valence-electron chi connectivity index (χ0n) is 19.8. The molecule has 5 rings (SSSR count). The summed E-state index contributed by atoms with van der Waals surface area (Å²) in [7, 11) is 3.98. The fourth-order valence-electron chi connectivity index (χ4n) is 4.04. The van der Waals surface area contributed by atoms with E-state index in [-0.39, 0.29) is 11.8 Å². The van der Waals surface area contributed by atoms with Crippen LogP contribution in [0.5, 0.6) is 0 Å². The maximum atomic E-state index is 12.8. The van der Waals surface area contributed by atoms with Crippen LogP contribution in [0.25, 0.3) is 23.0 Å². The molecular formula is C29H24ClN3O3. The molecule has 1 aliphatic rings. The second-order valence-corrected chi connectivity index (χ2v) is 9.16. The highest BCUT2D eigenvalue weighted by molar-refractivity contribution is 6.36. The van der Waals surface area contributed by atoms with E-state index in [1.165, 1.54) is 0 Å². The number of nitrogens with zero attached hydrogens (tertiary/aromatic N) is 1. The predicted octanol–water partition coefficient (Wildman–Crippen LogP) is 6.09. The van der Waals surface area contributed by atoms with Crippen molar-refractivity contribution in [3.05, 3.63) is 106 Å². The Labute approximate surface area is 214 Å². The summed E-state index contributed by atoms with van der Waals surface area (Å²) < 4.78 is 5.99. The van der Waals surface area contributed by atoms with Crippen LogP contribution < -0.4 is 15.5 Å². The van der Waals surface area contributed by atoms with Crippen LogP contribution in [-0.2, 0) is 11.3 Å². The van der Waals surface area contributed by atoms with Crippen LogP contribution in [-0.4, -0.2) is 25.9 Å². The smallest absolute Gasteiger partial charge is 0.256 e. The second-order valence-electron chi connectivity index (χ2n) is 8.73. The molecule has 1 aromatic heterocycles. The van der Waals surface area contributed by atoms with Crippen molar-refractivity contribution in [3.8, 4) is 11.3 Å². The number of fused-ring (bicyclic) bond motifs is 1. The summed E-state index contributed by atoms with van der Waals surface area (Å²) in [5.74, 6) is 0.748. The summed E-state index contributed by atoms with van der Waals surface area (Å²) in [4.78, 5) is 27.3. The molecule has 36 heavy (non-hydrogen) atoms. The Morgan fingerprint density at radius 2 is 1.83 bits per heavy atom. The summed E-state index contributed by atoms with van der Waals surface area (Å²) in [5.41, 5.74) is 5.37. The van der Waals surface area contributed by atoms with Gasteiger partial charge in [-0.15, -0.1) is 0 Å². The summed E-state index contributed by atoms with van der Waals surface area (Å²) >= 11 is 6.11. The average Bonchev–Trinajstić information content (AvgIpc) is 3.47. The molecule has 1 aliphatic heterocycles. The zero-order chi connectivity index (χ0) is 25.2. The highest BCUT2D eigenvalue weighted by atomic mass is 35.5. The van der Waals surface area contributed by atoms with Gasteiger partial charge in [0.15, 0.2) is 0 Å². The number of hydrogen-bond donors (Lipinski definition) is 2. The van der Waals surface area contributed by atoms with Crippen LogP contribution in [0.4, 0.5) is 11.4 Å². The standard InChI is InChI=1S/C29H24ClN3O3/c1-33(2)22-9-6-18(7-10-22)17-31-28(34)20-5-3-4-19(14-20)27-13-11-23(36-27)16-25-24-15-21(30)8-12-26(24)32-29(25)35/h3-16H,17H2,1-2H3,(H,31,34)(H,32,35). The number of furan rings is 1. The summed E-state index contributed by atoms with van der Waals surface area (Å²) in [6.45, 7) is 0.433. The molecular weight excluding hydrogens is 474 g/mol. The first-order valence-corrected chi connectivity index (χ1v) is 11.8. The van der Waals surface area contributed by atoms with E-state index in [1.807, 2.05) is 61.5 Å². The predicted molar refractivity (Wildman–Crippen MR) is 144 cm³/mol. The quantitative estimate of drug-likeness (QED) is 0.316. The molecule has 2 N–H and O–H groups in total. The molecule has 0 aliphatic carbocycles. The number of carbonyl (C=O) groups excluding carboxylic acids is 2. The second kappa shape index (κ2) is 9.76. The fraction of sp³-hybridized carbons (Fsp3) is 0.103. The zero-order valence-corrected chi connectivity index (χ0v) is 20.6. The van der Waals surface area contributed by atoms with Crippen LogP contribution >= 0.6 is 11.6 Å². The van der Waals surface area contributed by atoms with Gasteiger partial charge in [-0.2, -0.15) is 0 Å². The lowest BCUT2D eigenvalue weighted by Gasteiger charge is -2.13. The Kier molecular flexibility index (Phi) is 6.36. The summed E-state index contributed by atoms with van der Waals surface area (Å²) in [6.07, 6.45) is 1.69. The SMILES string of the molecule is CN(C)c1ccc(CNC(=O)c2cccc(-c3ccc(C=C4C(=O)Nc5ccc(Cl)cc54)o3)c2)cc1. The van der Waals surface area contributed by atoms with Gasteiger partial charge in [-0.25, -0.2) is 0 Å². The Morgan fingerprint density at radius 1 is 1.03 bits per heavy atom. The number of nitrogens with one attached hydrogen (secondary N) is 2. The van der Waals surface area contributed by atoms with Gasteiger partial charge in [0, 0.05) is 53.7 Å². The normalized spacial score (nSPS) is 13.4. The van der Waals surface area contributed by atoms with E-state index in [2.05, 4.69) is 10.6 Å². The van der Waals surface area contributed by atoms with E-state index >= 15 is 0 Å². The molecule has 0 spiro atoms. The average molecular weight is 498 g/mol. The third kappa shape index (κ3) is 4.90. The van der Waals surface area contributed by atoms with Crippen LogP contribution in [0.2, 0.25) is 5.02 Å². The molecule has 3 aromatic carbocycles. The van der Waals surface area contributed by atoms with Crippen molar-refractivity contribution in [1.29, 1.82) is 0 Å². The molecule has 2 amide bonds. The molecule has 7 heteroatoms. The highest BCUT2D eigenvalue weighted by Crippen LogP contribution is 2.35. The molecule has 0 unspecified atom stereocenters. The Balaban J connectivity index is 1.31. The minimum absolute atomic E-state index is 0.168. The number of halogens is 1. The van der Waals surface area contributed by atoms with E-state index in [1.54, 1.807) is 42.5 Å². The maximum absolute atomic E-state index is 12.8. The van der Waals surface area contributed by atoms with Gasteiger partial charge in [0.25, 0.3) is 11.8 Å². The minimum Gasteiger partial charge on any atom is -0.457 e. The molecule has 2 heterocycles. The number of benzene rings is 3. The van der Waals surface area contributed by atoms with Crippen molar-refractivity contribution in [3.63, 3.8) is 0 Å². The number of anilines is 2. The van der Waals surface area contributed by atoms with Crippen molar-refractivity contribution < 1.29 is 14.0 Å². The van der Waals surface area contributed by atoms with Crippen molar-refractivity contribution in [2.45, 2.75) is 6.54 Å². The van der Waals surface area contributed by atoms with Crippen molar-refractivity contribution >= 4 is 46.4 Å². The van der Waals surface area contributed by atoms with E-state index in [0.29, 0.717) is 34.2 Å². The van der Waals surface area contributed by atoms with Gasteiger partial charge in [-0.3, -0.25) is 9.59 Å². The summed E-state index contributed by atoms with van der Waals surface area (Å²) in [6, 6.07) is 24.2. The molecule has 0 saturated carbocycles. The lowest BCUT2D eigenvalue weighted by atomic mass is 10.1. The van der Waals surface area contributed by atoms with Crippen molar-refractivity contribution in [1.82, 2.24) is 5.32 Å². The van der Waals surface area contributed by atoms with Gasteiger partial charge in [0.05, 0.1) is 5.57 Å². The number of amides is 2. The van der Waals surface area contributed by atoms with E-state index < -0.39 is 0 Å². The number of carbonyl (C=O) groups is 2. The molecule has 0 atom stereocenters. The Morgan fingerprint density at radius 3 is 2.61 bits per heavy atom. The third-order valence-corrected chi connectivity index (χ3v) is 6.23. The largest absolute Gasteiger partial charge is 0.457 e. The van der Waals surface area contributed by atoms with Gasteiger partial charge in [-0.05, 0) is 66.2 Å². The first-order valence-electron chi connectivity index (χ1n) is 11.4. The van der Waals surface area contributed by atoms with Gasteiger partial charge >= 0.3 is 0 Å². The lowest BCUT2D eigenvalue weighted by molar-refractivity contribution is -0.110. The van der Waals surface area contributed by atoms with Crippen LogP contribution in [0.3, 0.4) is 0 Å². The Hall–Kier alpha value is -4.29. The van der Waals surface area contributed by atoms with Crippen LogP contribution in [0.1, 0.15) is 27.2 Å². The first-order chi connectivity index (χ1) is 17.4. The fourth-order valence-corrected chi connectivity index (χ4v) is 4.21. The van der Waals surface area contributed by atoms with E-state index in [9.17, 15) is 9.59 Å². The van der Waals surface area contributed by atoms with Crippen molar-refractivity contribution in [2.75, 3.05) is 24.3 Å². The molecule has 180 valence electrons. The number of hydrogen-bond acceptors (Lipinski definition) is 4. The molecule has 6 nitrogen and oxygen atoms in total. The van der Waals surface area contributed by atoms with Crippen molar-refractivity contribution in [2.24, 2.45) is 0 Å². The van der Waals surface area contributed by atoms with Crippen LogP contribution in [0, 0.1) is 0 Å². The highest BCUT2D eigenvalue weighted by Gasteiger charge is 2.24. The topological polar surface area (TPSA) is 74.6 Å². The lowest BCUT2D eigenvalue weighted by Crippen LogP contribution is -2.22. The van der Waals surface area contributed by atoms with Gasteiger partial charge in [-0.1, -0.05) is 35.9 Å². The third-order valence-electron chi connectivity index (χ3n) is 5.99. The monoisotopic (exact) mass is 497 g/mol. The molecule has 0 radical (unpaired) electrons. The minimum atomic E-state index is -0.208. The molecule has 0 fully saturated rings. The maximum Gasteiger partial charge on any atom is 0.256 e. The van der Waals surface area contributed by atoms with Crippen LogP contribution in [0.15, 0.2) is 83.3 Å². The first kappa shape index (κ1) is 23.5. The number of rotatable bonds is 6. The van der Waals surface area contributed by atoms with E-state index in [0.717, 1.165) is 28.1 Å². The van der Waals surface area contributed by atoms with E-state index in [4.69, 9.17) is 16.0 Å². The Bertz CT molecular complexity index is 1490. The van der Waals surface area contributed by atoms with Gasteiger partial charge in [0.1, 0.15) is 11.5 Å². The van der Waals surface area contributed by atoms with Gasteiger partial charge in [0.2, 0.25) is 0 Å².